The number of nitrogens with zero attached hydrogens (tertiary/aromatic N) is 2. The molecule has 0 aromatic carbocycles. The lowest BCUT2D eigenvalue weighted by Gasteiger charge is -2.02. The number of furan rings is 1. The van der Waals surface area contributed by atoms with Crippen molar-refractivity contribution in [3.05, 3.63) is 48.3 Å². The van der Waals surface area contributed by atoms with E-state index in [1.54, 1.807) is 36.9 Å². The lowest BCUT2D eigenvalue weighted by molar-refractivity contribution is 0.0943. The molecule has 18 heavy (non-hydrogen) atoms. The van der Waals surface area contributed by atoms with Crippen LogP contribution in [0.2, 0.25) is 0 Å². The molecule has 0 unspecified atom stereocenters. The number of aromatic nitrogens is 3. The summed E-state index contributed by atoms with van der Waals surface area (Å²) < 4.78 is 5.13. The van der Waals surface area contributed by atoms with E-state index in [0.717, 1.165) is 10.9 Å². The van der Waals surface area contributed by atoms with Crippen LogP contribution in [0.25, 0.3) is 10.9 Å². The van der Waals surface area contributed by atoms with Gasteiger partial charge in [-0.25, -0.2) is 4.98 Å². The summed E-state index contributed by atoms with van der Waals surface area (Å²) in [7, 11) is 0. The number of amides is 1. The van der Waals surface area contributed by atoms with Crippen molar-refractivity contribution in [2.75, 3.05) is 0 Å². The Morgan fingerprint density at radius 3 is 3.22 bits per heavy atom. The maximum Gasteiger partial charge on any atom is 0.270 e. The van der Waals surface area contributed by atoms with Gasteiger partial charge < -0.3 is 9.73 Å². The molecule has 6 nitrogen and oxygen atoms in total. The molecule has 0 fully saturated rings. The Balaban J connectivity index is 1.75. The van der Waals surface area contributed by atoms with Gasteiger partial charge in [0.05, 0.1) is 30.7 Å². The first-order chi connectivity index (χ1) is 8.83. The summed E-state index contributed by atoms with van der Waals surface area (Å²) in [5.41, 5.74) is 1.16. The Kier molecular flexibility index (Phi) is 2.53. The summed E-state index contributed by atoms with van der Waals surface area (Å²) in [6.45, 7) is 0.344. The SMILES string of the molecule is O=C(NCc1ccco1)c1cc2cn[nH]c2cn1. The highest BCUT2D eigenvalue weighted by molar-refractivity contribution is 5.95. The normalized spacial score (nSPS) is 10.7. The Hall–Kier alpha value is -2.63. The monoisotopic (exact) mass is 242 g/mol. The molecule has 0 bridgehead atoms. The van der Waals surface area contributed by atoms with Crippen LogP contribution >= 0.6 is 0 Å². The Labute approximate surface area is 102 Å². The summed E-state index contributed by atoms with van der Waals surface area (Å²) in [6.07, 6.45) is 4.81. The molecule has 0 aliphatic rings. The van der Waals surface area contributed by atoms with Gasteiger partial charge in [-0.15, -0.1) is 0 Å². The van der Waals surface area contributed by atoms with E-state index < -0.39 is 0 Å². The lowest BCUT2D eigenvalue weighted by Crippen LogP contribution is -2.23. The fourth-order valence-electron chi connectivity index (χ4n) is 1.64. The van der Waals surface area contributed by atoms with Crippen molar-refractivity contribution in [2.24, 2.45) is 0 Å². The first-order valence-corrected chi connectivity index (χ1v) is 5.42. The third kappa shape index (κ3) is 1.95. The number of rotatable bonds is 3. The molecule has 0 saturated carbocycles. The number of carbonyl (C=O) groups is 1. The van der Waals surface area contributed by atoms with E-state index in [1.807, 2.05) is 0 Å². The number of hydrogen-bond acceptors (Lipinski definition) is 4. The van der Waals surface area contributed by atoms with Gasteiger partial charge in [-0.2, -0.15) is 5.10 Å². The molecular formula is C12H10N4O2. The summed E-state index contributed by atoms with van der Waals surface area (Å²) >= 11 is 0. The summed E-state index contributed by atoms with van der Waals surface area (Å²) in [5, 5.41) is 10.2. The maximum atomic E-state index is 11.9. The van der Waals surface area contributed by atoms with Crippen LogP contribution in [0.1, 0.15) is 16.2 Å². The molecule has 2 N–H and O–H groups in total. The topological polar surface area (TPSA) is 83.8 Å². The number of nitrogens with one attached hydrogen (secondary N) is 2. The predicted molar refractivity (Wildman–Crippen MR) is 63.8 cm³/mol. The first-order valence-electron chi connectivity index (χ1n) is 5.42. The van der Waals surface area contributed by atoms with E-state index in [0.29, 0.717) is 18.0 Å². The standard InChI is InChI=1S/C12H10N4O2/c17-12(14-6-9-2-1-3-18-9)10-4-8-5-15-16-11(8)7-13-10/h1-5,7H,6H2,(H,14,17)(H,15,16). The quantitative estimate of drug-likeness (QED) is 0.728. The number of H-pyrrole nitrogens is 1. The van der Waals surface area contributed by atoms with Gasteiger partial charge in [-0.1, -0.05) is 0 Å². The zero-order chi connectivity index (χ0) is 12.4. The van der Waals surface area contributed by atoms with Crippen molar-refractivity contribution in [3.63, 3.8) is 0 Å². The number of pyridine rings is 1. The van der Waals surface area contributed by atoms with Crippen LogP contribution in [-0.4, -0.2) is 21.1 Å². The highest BCUT2D eigenvalue weighted by atomic mass is 16.3. The van der Waals surface area contributed by atoms with E-state index in [2.05, 4.69) is 20.5 Å². The highest BCUT2D eigenvalue weighted by Crippen LogP contribution is 2.10. The number of aromatic amines is 1. The van der Waals surface area contributed by atoms with Crippen LogP contribution in [0.5, 0.6) is 0 Å². The second kappa shape index (κ2) is 4.33. The third-order valence-corrected chi connectivity index (χ3v) is 2.56. The zero-order valence-corrected chi connectivity index (χ0v) is 9.38. The predicted octanol–water partition coefficient (Wildman–Crippen LogP) is 1.48. The highest BCUT2D eigenvalue weighted by Gasteiger charge is 2.09. The third-order valence-electron chi connectivity index (χ3n) is 2.56. The molecule has 3 rings (SSSR count). The summed E-state index contributed by atoms with van der Waals surface area (Å²) in [6, 6.07) is 5.26. The van der Waals surface area contributed by atoms with E-state index >= 15 is 0 Å². The van der Waals surface area contributed by atoms with Gasteiger partial charge in [-0.05, 0) is 18.2 Å². The largest absolute Gasteiger partial charge is 0.467 e. The summed E-state index contributed by atoms with van der Waals surface area (Å²) in [4.78, 5) is 15.9. The average Bonchev–Trinajstić information content (AvgIpc) is 3.05. The molecule has 3 heterocycles. The fraction of sp³-hybridized carbons (Fsp3) is 0.0833. The Morgan fingerprint density at radius 2 is 2.39 bits per heavy atom. The minimum atomic E-state index is -0.241. The number of hydrogen-bond donors (Lipinski definition) is 2. The molecule has 90 valence electrons. The number of fused-ring (bicyclic) bond motifs is 1. The zero-order valence-electron chi connectivity index (χ0n) is 9.38. The van der Waals surface area contributed by atoms with Crippen LogP contribution in [0.4, 0.5) is 0 Å². The molecular weight excluding hydrogens is 232 g/mol. The van der Waals surface area contributed by atoms with Crippen molar-refractivity contribution in [1.29, 1.82) is 0 Å². The van der Waals surface area contributed by atoms with Crippen molar-refractivity contribution >= 4 is 16.8 Å². The van der Waals surface area contributed by atoms with Crippen LogP contribution < -0.4 is 5.32 Å². The molecule has 0 spiro atoms. The molecule has 0 atom stereocenters. The van der Waals surface area contributed by atoms with Gasteiger partial charge in [0.15, 0.2) is 0 Å². The van der Waals surface area contributed by atoms with E-state index in [-0.39, 0.29) is 5.91 Å². The van der Waals surface area contributed by atoms with Gasteiger partial charge in [0.25, 0.3) is 5.91 Å². The Bertz CT molecular complexity index is 672. The molecule has 0 aliphatic carbocycles. The smallest absolute Gasteiger partial charge is 0.270 e. The van der Waals surface area contributed by atoms with Crippen LogP contribution in [-0.2, 0) is 6.54 Å². The van der Waals surface area contributed by atoms with Gasteiger partial charge in [0.1, 0.15) is 11.5 Å². The van der Waals surface area contributed by atoms with Crippen LogP contribution in [0.3, 0.4) is 0 Å². The fourth-order valence-corrected chi connectivity index (χ4v) is 1.64. The molecule has 0 aliphatic heterocycles. The van der Waals surface area contributed by atoms with Crippen LogP contribution in [0.15, 0.2) is 41.3 Å². The van der Waals surface area contributed by atoms with E-state index in [4.69, 9.17) is 4.42 Å². The van der Waals surface area contributed by atoms with Gasteiger partial charge in [0, 0.05) is 5.39 Å². The molecule has 3 aromatic rings. The van der Waals surface area contributed by atoms with Gasteiger partial charge in [-0.3, -0.25) is 9.89 Å². The van der Waals surface area contributed by atoms with Crippen molar-refractivity contribution in [3.8, 4) is 0 Å². The van der Waals surface area contributed by atoms with Crippen molar-refractivity contribution in [1.82, 2.24) is 20.5 Å². The number of carbonyl (C=O) groups excluding carboxylic acids is 1. The minimum absolute atomic E-state index is 0.241. The van der Waals surface area contributed by atoms with E-state index in [9.17, 15) is 4.79 Å². The van der Waals surface area contributed by atoms with Gasteiger partial charge >= 0.3 is 0 Å². The van der Waals surface area contributed by atoms with E-state index in [1.165, 1.54) is 0 Å². The maximum absolute atomic E-state index is 11.9. The minimum Gasteiger partial charge on any atom is -0.467 e. The lowest BCUT2D eigenvalue weighted by atomic mass is 10.2. The second-order valence-corrected chi connectivity index (χ2v) is 3.79. The molecule has 1 amide bonds. The molecule has 6 heteroatoms. The van der Waals surface area contributed by atoms with Crippen LogP contribution in [0, 0.1) is 0 Å². The molecule has 0 saturated heterocycles. The second-order valence-electron chi connectivity index (χ2n) is 3.79. The van der Waals surface area contributed by atoms with Crippen molar-refractivity contribution in [2.45, 2.75) is 6.54 Å². The first kappa shape index (κ1) is 10.5. The van der Waals surface area contributed by atoms with Crippen molar-refractivity contribution < 1.29 is 9.21 Å². The molecule has 0 radical (unpaired) electrons. The Morgan fingerprint density at radius 1 is 1.44 bits per heavy atom. The average molecular weight is 242 g/mol. The molecule has 3 aromatic heterocycles. The summed E-state index contributed by atoms with van der Waals surface area (Å²) in [5.74, 6) is 0.460. The van der Waals surface area contributed by atoms with Gasteiger partial charge in [0.2, 0.25) is 0 Å².